The Bertz CT molecular complexity index is 260. The lowest BCUT2D eigenvalue weighted by molar-refractivity contribution is 0.328. The molecule has 0 heterocycles. The second kappa shape index (κ2) is 5.67. The van der Waals surface area contributed by atoms with Gasteiger partial charge in [-0.3, -0.25) is 0 Å². The van der Waals surface area contributed by atoms with Gasteiger partial charge in [-0.05, 0) is 12.1 Å². The molecule has 0 amide bonds. The first-order valence-corrected chi connectivity index (χ1v) is 5.54. The summed E-state index contributed by atoms with van der Waals surface area (Å²) >= 11 is -1.60. The SMILES string of the molecule is FSC(Oc1ccccc1)(SF)SF. The van der Waals surface area contributed by atoms with Crippen molar-refractivity contribution in [3.8, 4) is 5.75 Å². The summed E-state index contributed by atoms with van der Waals surface area (Å²) in [5, 5.41) is 0. The van der Waals surface area contributed by atoms with Gasteiger partial charge in [-0.15, -0.1) is 0 Å². The summed E-state index contributed by atoms with van der Waals surface area (Å²) in [6, 6.07) is 7.92. The van der Waals surface area contributed by atoms with Gasteiger partial charge in [-0.2, -0.15) is 11.7 Å². The van der Waals surface area contributed by atoms with Crippen molar-refractivity contribution in [2.75, 3.05) is 0 Å². The molecule has 1 aromatic rings. The highest BCUT2D eigenvalue weighted by atomic mass is 32.3. The predicted octanol–water partition coefficient (Wildman–Crippen LogP) is 4.53. The average Bonchev–Trinajstić information content (AvgIpc) is 2.28. The summed E-state index contributed by atoms with van der Waals surface area (Å²) in [4.78, 5) is 0. The quantitative estimate of drug-likeness (QED) is 0.717. The number of benzene rings is 1. The fraction of sp³-hybridized carbons (Fsp3) is 0.143. The van der Waals surface area contributed by atoms with Crippen LogP contribution in [0.3, 0.4) is 0 Å². The van der Waals surface area contributed by atoms with Gasteiger partial charge in [-0.1, -0.05) is 18.2 Å². The zero-order chi connectivity index (χ0) is 10.4. The van der Waals surface area contributed by atoms with E-state index in [2.05, 4.69) is 0 Å². The van der Waals surface area contributed by atoms with Gasteiger partial charge in [0.2, 0.25) is 0 Å². The number of para-hydroxylation sites is 1. The van der Waals surface area contributed by atoms with Crippen molar-refractivity contribution in [3.63, 3.8) is 0 Å². The van der Waals surface area contributed by atoms with Crippen molar-refractivity contribution in [2.24, 2.45) is 0 Å². The summed E-state index contributed by atoms with van der Waals surface area (Å²) in [5.41, 5.74) is 0. The first-order chi connectivity index (χ1) is 6.76. The molecule has 0 radical (unpaired) electrons. The lowest BCUT2D eigenvalue weighted by Gasteiger charge is -2.20. The highest BCUT2D eigenvalue weighted by molar-refractivity contribution is 8.29. The monoisotopic (exact) mass is 258 g/mol. The number of hydrogen-bond donors (Lipinski definition) is 0. The van der Waals surface area contributed by atoms with Gasteiger partial charge in [0, 0.05) is 0 Å². The molecule has 0 bridgehead atoms. The first-order valence-electron chi connectivity index (χ1n) is 3.39. The average molecular weight is 258 g/mol. The van der Waals surface area contributed by atoms with Crippen LogP contribution < -0.4 is 4.74 Å². The minimum absolute atomic E-state index is 0.202. The second-order valence-corrected chi connectivity index (χ2v) is 5.11. The molecule has 0 aromatic heterocycles. The van der Waals surface area contributed by atoms with Gasteiger partial charge >= 0.3 is 3.60 Å². The molecule has 0 unspecified atom stereocenters. The molecule has 0 aliphatic rings. The van der Waals surface area contributed by atoms with E-state index >= 15 is 0 Å². The molecular weight excluding hydrogens is 253 g/mol. The van der Waals surface area contributed by atoms with Crippen molar-refractivity contribution in [1.29, 1.82) is 0 Å². The van der Waals surface area contributed by atoms with Crippen molar-refractivity contribution in [1.82, 2.24) is 0 Å². The fourth-order valence-electron chi connectivity index (χ4n) is 0.716. The Balaban J connectivity index is 2.74. The van der Waals surface area contributed by atoms with Gasteiger partial charge in [0.15, 0.2) is 0 Å². The fourth-order valence-corrected chi connectivity index (χ4v) is 1.38. The molecule has 14 heavy (non-hydrogen) atoms. The van der Waals surface area contributed by atoms with Crippen LogP contribution in [0.2, 0.25) is 0 Å². The van der Waals surface area contributed by atoms with Crippen LogP contribution in [0.1, 0.15) is 0 Å². The Hall–Kier alpha value is -0.140. The summed E-state index contributed by atoms with van der Waals surface area (Å²) < 4.78 is 39.4. The maximum atomic E-state index is 12.3. The summed E-state index contributed by atoms with van der Waals surface area (Å²) in [7, 11) is 0. The maximum Gasteiger partial charge on any atom is 0.338 e. The zero-order valence-electron chi connectivity index (χ0n) is 6.65. The number of ether oxygens (including phenoxy) is 1. The third-order valence-electron chi connectivity index (χ3n) is 1.27. The molecule has 0 spiro atoms. The first kappa shape index (κ1) is 11.9. The van der Waals surface area contributed by atoms with Gasteiger partial charge in [0.25, 0.3) is 0 Å². The third-order valence-corrected chi connectivity index (χ3v) is 3.22. The molecule has 7 heteroatoms. The minimum Gasteiger partial charge on any atom is -0.451 e. The largest absolute Gasteiger partial charge is 0.451 e. The molecule has 0 saturated heterocycles. The number of halogens is 3. The number of hydrogen-bond acceptors (Lipinski definition) is 4. The van der Waals surface area contributed by atoms with E-state index in [1.807, 2.05) is 0 Å². The van der Waals surface area contributed by atoms with Crippen LogP contribution >= 0.6 is 36.4 Å². The Kier molecular flexibility index (Phi) is 4.83. The van der Waals surface area contributed by atoms with E-state index in [0.29, 0.717) is 0 Å². The Morgan fingerprint density at radius 2 is 1.43 bits per heavy atom. The normalized spacial score (nSPS) is 11.4. The van der Waals surface area contributed by atoms with Crippen LogP contribution in [-0.4, -0.2) is 3.60 Å². The second-order valence-electron chi connectivity index (χ2n) is 2.15. The molecule has 1 rings (SSSR count). The molecule has 1 aromatic carbocycles. The van der Waals surface area contributed by atoms with Crippen LogP contribution in [0, 0.1) is 0 Å². The van der Waals surface area contributed by atoms with Crippen LogP contribution in [0.4, 0.5) is 11.7 Å². The summed E-state index contributed by atoms with van der Waals surface area (Å²) in [6.07, 6.45) is 0. The molecule has 0 aliphatic carbocycles. The van der Waals surface area contributed by atoms with Crippen molar-refractivity contribution >= 4 is 36.4 Å². The number of rotatable bonds is 5. The van der Waals surface area contributed by atoms with E-state index in [9.17, 15) is 11.7 Å². The van der Waals surface area contributed by atoms with E-state index < -0.39 is 40.0 Å². The highest BCUT2D eigenvalue weighted by Crippen LogP contribution is 2.49. The van der Waals surface area contributed by atoms with E-state index in [0.717, 1.165) is 0 Å². The zero-order valence-corrected chi connectivity index (χ0v) is 9.10. The van der Waals surface area contributed by atoms with Gasteiger partial charge in [-0.25, -0.2) is 0 Å². The molecule has 0 saturated carbocycles. The molecule has 0 fully saturated rings. The Morgan fingerprint density at radius 1 is 0.929 bits per heavy atom. The van der Waals surface area contributed by atoms with Gasteiger partial charge < -0.3 is 4.74 Å². The minimum atomic E-state index is -2.22. The van der Waals surface area contributed by atoms with Crippen molar-refractivity contribution in [2.45, 2.75) is 3.60 Å². The topological polar surface area (TPSA) is 9.23 Å². The lowest BCUT2D eigenvalue weighted by atomic mass is 10.3. The van der Waals surface area contributed by atoms with Gasteiger partial charge in [0.05, 0.1) is 0 Å². The van der Waals surface area contributed by atoms with Crippen molar-refractivity contribution in [3.05, 3.63) is 30.3 Å². The predicted molar refractivity (Wildman–Crippen MR) is 55.9 cm³/mol. The lowest BCUT2D eigenvalue weighted by Crippen LogP contribution is -2.20. The van der Waals surface area contributed by atoms with E-state index in [-0.39, 0.29) is 5.75 Å². The molecule has 1 nitrogen and oxygen atoms in total. The van der Waals surface area contributed by atoms with Crippen LogP contribution in [0.15, 0.2) is 30.3 Å². The summed E-state index contributed by atoms with van der Waals surface area (Å²) in [5.74, 6) is 0.202. The van der Waals surface area contributed by atoms with Crippen LogP contribution in [0.25, 0.3) is 0 Å². The van der Waals surface area contributed by atoms with Gasteiger partial charge in [0.1, 0.15) is 42.2 Å². The molecule has 78 valence electrons. The van der Waals surface area contributed by atoms with Crippen LogP contribution in [-0.2, 0) is 0 Å². The van der Waals surface area contributed by atoms with Crippen molar-refractivity contribution < 1.29 is 16.4 Å². The van der Waals surface area contributed by atoms with E-state index in [1.165, 1.54) is 12.1 Å². The third kappa shape index (κ3) is 2.93. The Morgan fingerprint density at radius 3 is 1.86 bits per heavy atom. The Labute approximate surface area is 92.7 Å². The standard InChI is InChI=1S/C7H5F3OS3/c8-12-7(13-9,14-10)11-6-4-2-1-3-5-6/h1-5H. The maximum absolute atomic E-state index is 12.3. The molecular formula is C7H5F3OS3. The molecule has 0 aliphatic heterocycles. The highest BCUT2D eigenvalue weighted by Gasteiger charge is 2.39. The molecule has 0 N–H and O–H groups in total. The molecule has 0 atom stereocenters. The van der Waals surface area contributed by atoms with Crippen LogP contribution in [0.5, 0.6) is 5.75 Å². The van der Waals surface area contributed by atoms with E-state index in [1.54, 1.807) is 18.2 Å². The van der Waals surface area contributed by atoms with E-state index in [4.69, 9.17) is 4.74 Å². The smallest absolute Gasteiger partial charge is 0.338 e. The summed E-state index contributed by atoms with van der Waals surface area (Å²) in [6.45, 7) is 0.